The van der Waals surface area contributed by atoms with Gasteiger partial charge in [-0.15, -0.1) is 0 Å². The van der Waals surface area contributed by atoms with Crippen LogP contribution < -0.4 is 10.1 Å². The van der Waals surface area contributed by atoms with Crippen LogP contribution in [0.1, 0.15) is 50.1 Å². The van der Waals surface area contributed by atoms with Crippen molar-refractivity contribution in [2.24, 2.45) is 0 Å². The van der Waals surface area contributed by atoms with Crippen LogP contribution >= 0.6 is 0 Å². The quantitative estimate of drug-likeness (QED) is 0.232. The molecule has 0 unspecified atom stereocenters. The fourth-order valence-electron chi connectivity index (χ4n) is 4.30. The lowest BCUT2D eigenvalue weighted by Crippen LogP contribution is -2.32. The maximum Gasteiger partial charge on any atom is 0.407 e. The number of furan rings is 1. The van der Waals surface area contributed by atoms with Crippen molar-refractivity contribution in [1.82, 2.24) is 5.32 Å². The van der Waals surface area contributed by atoms with E-state index in [0.717, 1.165) is 44.5 Å². The average Bonchev–Trinajstić information content (AvgIpc) is 3.26. The van der Waals surface area contributed by atoms with Crippen molar-refractivity contribution >= 4 is 23.0 Å². The number of para-hydroxylation sites is 1. The van der Waals surface area contributed by atoms with Crippen molar-refractivity contribution in [3.63, 3.8) is 0 Å². The van der Waals surface area contributed by atoms with Crippen LogP contribution in [-0.4, -0.2) is 24.3 Å². The Bertz CT molecular complexity index is 1460. The van der Waals surface area contributed by atoms with Gasteiger partial charge >= 0.3 is 12.1 Å². The van der Waals surface area contributed by atoms with Crippen LogP contribution in [0.25, 0.3) is 22.1 Å². The van der Waals surface area contributed by atoms with Crippen molar-refractivity contribution in [3.05, 3.63) is 89.2 Å². The molecular formula is C32H35NO6. The number of aryl methyl sites for hydroxylation is 1. The number of carbonyl (C=O) groups is 2. The SMILES string of the molecule is CCOC(=O)Cc1ccccc1OCc1cc(-c2cccc(CNC(=O)OC(C)(C)C)c2)c2oc(C)cc2c1. The van der Waals surface area contributed by atoms with E-state index >= 15 is 0 Å². The number of hydrogen-bond donors (Lipinski definition) is 1. The molecule has 0 aliphatic rings. The number of esters is 1. The second-order valence-electron chi connectivity index (χ2n) is 10.4. The van der Waals surface area contributed by atoms with Gasteiger partial charge in [0.25, 0.3) is 0 Å². The summed E-state index contributed by atoms with van der Waals surface area (Å²) in [6, 6.07) is 21.6. The van der Waals surface area contributed by atoms with E-state index in [1.165, 1.54) is 0 Å². The highest BCUT2D eigenvalue weighted by atomic mass is 16.6. The number of nitrogens with one attached hydrogen (secondary N) is 1. The van der Waals surface area contributed by atoms with Gasteiger partial charge in [0, 0.05) is 23.1 Å². The molecule has 1 aromatic heterocycles. The summed E-state index contributed by atoms with van der Waals surface area (Å²) >= 11 is 0. The Hall–Kier alpha value is -4.26. The number of fused-ring (bicyclic) bond motifs is 1. The number of amides is 1. The van der Waals surface area contributed by atoms with E-state index in [2.05, 4.69) is 17.4 Å². The summed E-state index contributed by atoms with van der Waals surface area (Å²) in [5, 5.41) is 3.79. The Morgan fingerprint density at radius 2 is 1.74 bits per heavy atom. The zero-order valence-corrected chi connectivity index (χ0v) is 23.1. The molecule has 0 atom stereocenters. The first-order valence-corrected chi connectivity index (χ1v) is 13.1. The third-order valence-electron chi connectivity index (χ3n) is 5.88. The predicted molar refractivity (Wildman–Crippen MR) is 151 cm³/mol. The smallest absolute Gasteiger partial charge is 0.407 e. The number of ether oxygens (including phenoxy) is 3. The fourth-order valence-corrected chi connectivity index (χ4v) is 4.30. The third kappa shape index (κ3) is 7.63. The van der Waals surface area contributed by atoms with E-state index in [9.17, 15) is 9.59 Å². The van der Waals surface area contributed by atoms with Crippen molar-refractivity contribution in [3.8, 4) is 16.9 Å². The van der Waals surface area contributed by atoms with Gasteiger partial charge in [-0.05, 0) is 81.6 Å². The molecule has 1 N–H and O–H groups in total. The molecular weight excluding hydrogens is 494 g/mol. The first-order valence-electron chi connectivity index (χ1n) is 13.1. The van der Waals surface area contributed by atoms with E-state index < -0.39 is 11.7 Å². The van der Waals surface area contributed by atoms with Crippen LogP contribution in [0.4, 0.5) is 4.79 Å². The summed E-state index contributed by atoms with van der Waals surface area (Å²) in [5.41, 5.74) is 4.79. The average molecular weight is 530 g/mol. The zero-order valence-electron chi connectivity index (χ0n) is 23.1. The number of benzene rings is 3. The summed E-state index contributed by atoms with van der Waals surface area (Å²) in [6.07, 6.45) is -0.307. The van der Waals surface area contributed by atoms with Gasteiger partial charge in [-0.25, -0.2) is 4.79 Å². The summed E-state index contributed by atoms with van der Waals surface area (Å²) in [7, 11) is 0. The molecule has 1 heterocycles. The Kier molecular flexibility index (Phi) is 8.59. The van der Waals surface area contributed by atoms with Gasteiger partial charge in [0.05, 0.1) is 13.0 Å². The number of carbonyl (C=O) groups excluding carboxylic acids is 2. The molecule has 0 saturated heterocycles. The van der Waals surface area contributed by atoms with Crippen molar-refractivity contribution in [2.45, 2.75) is 59.8 Å². The van der Waals surface area contributed by atoms with Crippen LogP contribution in [0.5, 0.6) is 5.75 Å². The van der Waals surface area contributed by atoms with Crippen molar-refractivity contribution in [2.75, 3.05) is 6.61 Å². The Balaban J connectivity index is 1.57. The second kappa shape index (κ2) is 12.1. The van der Waals surface area contributed by atoms with Crippen molar-refractivity contribution < 1.29 is 28.2 Å². The molecule has 0 aliphatic heterocycles. The topological polar surface area (TPSA) is 87.0 Å². The lowest BCUT2D eigenvalue weighted by molar-refractivity contribution is -0.142. The van der Waals surface area contributed by atoms with Gasteiger partial charge < -0.3 is 23.9 Å². The lowest BCUT2D eigenvalue weighted by Gasteiger charge is -2.19. The minimum absolute atomic E-state index is 0.152. The van der Waals surface area contributed by atoms with Crippen LogP contribution in [0.15, 0.2) is 71.1 Å². The van der Waals surface area contributed by atoms with E-state index in [1.54, 1.807) is 6.92 Å². The fraction of sp³-hybridized carbons (Fsp3) is 0.312. The third-order valence-corrected chi connectivity index (χ3v) is 5.88. The summed E-state index contributed by atoms with van der Waals surface area (Å²) in [6.45, 7) is 10.2. The molecule has 0 bridgehead atoms. The molecule has 4 aromatic rings. The molecule has 1 amide bonds. The van der Waals surface area contributed by atoms with Crippen molar-refractivity contribution in [1.29, 1.82) is 0 Å². The molecule has 0 spiro atoms. The van der Waals surface area contributed by atoms with Crippen LogP contribution in [0.3, 0.4) is 0 Å². The van der Waals surface area contributed by atoms with E-state index in [-0.39, 0.29) is 12.4 Å². The molecule has 0 saturated carbocycles. The largest absolute Gasteiger partial charge is 0.489 e. The van der Waals surface area contributed by atoms with E-state index in [1.807, 2.05) is 82.3 Å². The van der Waals surface area contributed by atoms with Gasteiger partial charge in [-0.1, -0.05) is 36.4 Å². The van der Waals surface area contributed by atoms with Crippen LogP contribution in [0.2, 0.25) is 0 Å². The molecule has 39 heavy (non-hydrogen) atoms. The summed E-state index contributed by atoms with van der Waals surface area (Å²) in [4.78, 5) is 24.2. The van der Waals surface area contributed by atoms with Gasteiger partial charge in [-0.3, -0.25) is 4.79 Å². The maximum absolute atomic E-state index is 12.1. The normalized spacial score (nSPS) is 11.3. The van der Waals surface area contributed by atoms with Gasteiger partial charge in [0.2, 0.25) is 0 Å². The molecule has 0 radical (unpaired) electrons. The predicted octanol–water partition coefficient (Wildman–Crippen LogP) is 7.12. The molecule has 0 aliphatic carbocycles. The van der Waals surface area contributed by atoms with E-state index in [4.69, 9.17) is 18.6 Å². The first-order chi connectivity index (χ1) is 18.6. The Morgan fingerprint density at radius 3 is 2.51 bits per heavy atom. The minimum Gasteiger partial charge on any atom is -0.489 e. The Labute approximate surface area is 229 Å². The highest BCUT2D eigenvalue weighted by molar-refractivity contribution is 5.93. The van der Waals surface area contributed by atoms with Gasteiger partial charge in [0.15, 0.2) is 0 Å². The molecule has 204 valence electrons. The maximum atomic E-state index is 12.1. The second-order valence-corrected chi connectivity index (χ2v) is 10.4. The summed E-state index contributed by atoms with van der Waals surface area (Å²) in [5.74, 6) is 1.17. The molecule has 7 heteroatoms. The first kappa shape index (κ1) is 27.8. The number of hydrogen-bond acceptors (Lipinski definition) is 6. The molecule has 7 nitrogen and oxygen atoms in total. The standard InChI is InChI=1S/C32H35NO6/c1-6-36-29(34)18-25-11-7-8-13-28(25)37-20-23-16-26-14-21(2)38-30(26)27(17-23)24-12-9-10-22(15-24)19-33-31(35)39-32(3,4)5/h7-17H,6,18-20H2,1-5H3,(H,33,35). The highest BCUT2D eigenvalue weighted by Crippen LogP contribution is 2.33. The zero-order chi connectivity index (χ0) is 28.0. The van der Waals surface area contributed by atoms with Crippen LogP contribution in [-0.2, 0) is 33.8 Å². The number of alkyl carbamates (subject to hydrolysis) is 1. The molecule has 0 fully saturated rings. The van der Waals surface area contributed by atoms with Gasteiger partial charge in [0.1, 0.15) is 29.3 Å². The molecule has 4 rings (SSSR count). The molecule has 3 aromatic carbocycles. The lowest BCUT2D eigenvalue weighted by atomic mass is 9.99. The summed E-state index contributed by atoms with van der Waals surface area (Å²) < 4.78 is 22.7. The van der Waals surface area contributed by atoms with Gasteiger partial charge in [-0.2, -0.15) is 0 Å². The monoisotopic (exact) mass is 529 g/mol. The van der Waals surface area contributed by atoms with Crippen LogP contribution in [0, 0.1) is 6.92 Å². The number of rotatable bonds is 9. The highest BCUT2D eigenvalue weighted by Gasteiger charge is 2.17. The minimum atomic E-state index is -0.559. The van der Waals surface area contributed by atoms with E-state index in [0.29, 0.717) is 25.5 Å². The Morgan fingerprint density at radius 1 is 0.949 bits per heavy atom.